The molecule has 0 spiro atoms. The molecule has 1 fully saturated rings. The van der Waals surface area contributed by atoms with E-state index in [1.807, 2.05) is 36.4 Å². The van der Waals surface area contributed by atoms with Crippen molar-refractivity contribution in [3.63, 3.8) is 0 Å². The number of hydrogen-bond acceptors (Lipinski definition) is 3. The summed E-state index contributed by atoms with van der Waals surface area (Å²) < 4.78 is 37.1. The van der Waals surface area contributed by atoms with Crippen LogP contribution in [0, 0.1) is 5.82 Å². The van der Waals surface area contributed by atoms with Crippen LogP contribution in [0.3, 0.4) is 0 Å². The highest BCUT2D eigenvalue weighted by atomic mass is 32.2. The van der Waals surface area contributed by atoms with Gasteiger partial charge in [0, 0.05) is 19.1 Å². The maximum Gasteiger partial charge on any atom is 0.151 e. The molecule has 1 aliphatic rings. The van der Waals surface area contributed by atoms with Crippen molar-refractivity contribution >= 4 is 9.84 Å². The molecule has 2 aromatic rings. The lowest BCUT2D eigenvalue weighted by Crippen LogP contribution is -2.35. The Bertz CT molecular complexity index is 762. The fourth-order valence-electron chi connectivity index (χ4n) is 3.07. The van der Waals surface area contributed by atoms with Gasteiger partial charge in [-0.1, -0.05) is 42.5 Å². The van der Waals surface area contributed by atoms with Crippen LogP contribution in [0.4, 0.5) is 4.39 Å². The lowest BCUT2D eigenvalue weighted by molar-refractivity contribution is 0.194. The zero-order chi connectivity index (χ0) is 16.3. The molecule has 0 aliphatic carbocycles. The van der Waals surface area contributed by atoms with Gasteiger partial charge in [-0.15, -0.1) is 0 Å². The lowest BCUT2D eigenvalue weighted by atomic mass is 10.1. The molecular formula is C18H20FNO2S. The molecule has 0 radical (unpaired) electrons. The topological polar surface area (TPSA) is 37.4 Å². The van der Waals surface area contributed by atoms with Crippen molar-refractivity contribution < 1.29 is 12.8 Å². The summed E-state index contributed by atoms with van der Waals surface area (Å²) in [6, 6.07) is 16.5. The molecule has 23 heavy (non-hydrogen) atoms. The minimum atomic E-state index is -2.95. The zero-order valence-electron chi connectivity index (χ0n) is 12.9. The van der Waals surface area contributed by atoms with E-state index in [2.05, 4.69) is 4.90 Å². The van der Waals surface area contributed by atoms with Crippen LogP contribution in [0.2, 0.25) is 0 Å². The van der Waals surface area contributed by atoms with Gasteiger partial charge in [-0.2, -0.15) is 0 Å². The molecule has 1 atom stereocenters. The standard InChI is InChI=1S/C18H20FNO2S/c19-17-8-4-7-16(11-17)13-20(12-15-5-2-1-3-6-15)18-9-10-23(21,22)14-18/h1-8,11,18H,9-10,12-14H2/t18-/m0/s1. The van der Waals surface area contributed by atoms with Crippen molar-refractivity contribution in [1.82, 2.24) is 4.90 Å². The van der Waals surface area contributed by atoms with Crippen LogP contribution in [0.1, 0.15) is 17.5 Å². The van der Waals surface area contributed by atoms with Gasteiger partial charge in [0.05, 0.1) is 11.5 Å². The van der Waals surface area contributed by atoms with E-state index in [4.69, 9.17) is 0 Å². The predicted octanol–water partition coefficient (Wildman–Crippen LogP) is 3.02. The van der Waals surface area contributed by atoms with Gasteiger partial charge in [0.15, 0.2) is 9.84 Å². The average molecular weight is 333 g/mol. The van der Waals surface area contributed by atoms with E-state index < -0.39 is 9.84 Å². The maximum absolute atomic E-state index is 13.4. The number of rotatable bonds is 5. The summed E-state index contributed by atoms with van der Waals surface area (Å²) in [5.74, 6) is 0.169. The molecule has 0 aromatic heterocycles. The van der Waals surface area contributed by atoms with Gasteiger partial charge < -0.3 is 0 Å². The van der Waals surface area contributed by atoms with Crippen molar-refractivity contribution in [2.45, 2.75) is 25.6 Å². The summed E-state index contributed by atoms with van der Waals surface area (Å²) in [7, 11) is -2.95. The summed E-state index contributed by atoms with van der Waals surface area (Å²) in [6.45, 7) is 1.21. The molecule has 3 nitrogen and oxygen atoms in total. The Morgan fingerprint density at radius 1 is 1.00 bits per heavy atom. The number of benzene rings is 2. The smallest absolute Gasteiger partial charge is 0.151 e. The first-order valence-corrected chi connectivity index (χ1v) is 9.57. The highest BCUT2D eigenvalue weighted by molar-refractivity contribution is 7.91. The fraction of sp³-hybridized carbons (Fsp3) is 0.333. The van der Waals surface area contributed by atoms with E-state index in [0.29, 0.717) is 19.5 Å². The Balaban J connectivity index is 1.81. The Morgan fingerprint density at radius 3 is 2.35 bits per heavy atom. The van der Waals surface area contributed by atoms with E-state index >= 15 is 0 Å². The first-order chi connectivity index (χ1) is 11.0. The second-order valence-electron chi connectivity index (χ2n) is 6.08. The molecule has 3 rings (SSSR count). The van der Waals surface area contributed by atoms with E-state index in [1.165, 1.54) is 12.1 Å². The van der Waals surface area contributed by atoms with Gasteiger partial charge >= 0.3 is 0 Å². The molecule has 0 saturated carbocycles. The zero-order valence-corrected chi connectivity index (χ0v) is 13.7. The molecule has 5 heteroatoms. The molecule has 1 aliphatic heterocycles. The van der Waals surface area contributed by atoms with Gasteiger partial charge in [0.25, 0.3) is 0 Å². The molecule has 1 saturated heterocycles. The van der Waals surface area contributed by atoms with Gasteiger partial charge in [0.1, 0.15) is 5.82 Å². The molecule has 122 valence electrons. The highest BCUT2D eigenvalue weighted by Crippen LogP contribution is 2.22. The van der Waals surface area contributed by atoms with Crippen LogP contribution >= 0.6 is 0 Å². The van der Waals surface area contributed by atoms with E-state index in [1.54, 1.807) is 6.07 Å². The molecule has 0 N–H and O–H groups in total. The third-order valence-electron chi connectivity index (χ3n) is 4.23. The largest absolute Gasteiger partial charge is 0.291 e. The highest BCUT2D eigenvalue weighted by Gasteiger charge is 2.32. The van der Waals surface area contributed by atoms with Crippen LogP contribution in [-0.4, -0.2) is 30.9 Å². The fourth-order valence-corrected chi connectivity index (χ4v) is 4.83. The lowest BCUT2D eigenvalue weighted by Gasteiger charge is -2.28. The number of nitrogens with zero attached hydrogens (tertiary/aromatic N) is 1. The first-order valence-electron chi connectivity index (χ1n) is 7.75. The summed E-state index contributed by atoms with van der Waals surface area (Å²) >= 11 is 0. The molecule has 0 amide bonds. The number of halogens is 1. The Morgan fingerprint density at radius 2 is 1.70 bits per heavy atom. The van der Waals surface area contributed by atoms with Crippen LogP contribution in [0.5, 0.6) is 0 Å². The normalized spacial score (nSPS) is 20.0. The second kappa shape index (κ2) is 6.81. The van der Waals surface area contributed by atoms with Gasteiger partial charge in [-0.3, -0.25) is 4.90 Å². The molecular weight excluding hydrogens is 313 g/mol. The Kier molecular flexibility index (Phi) is 4.78. The summed E-state index contributed by atoms with van der Waals surface area (Å²) in [6.07, 6.45) is 0.643. The van der Waals surface area contributed by atoms with E-state index in [-0.39, 0.29) is 23.4 Å². The molecule has 0 unspecified atom stereocenters. The van der Waals surface area contributed by atoms with Crippen LogP contribution in [0.15, 0.2) is 54.6 Å². The summed E-state index contributed by atoms with van der Waals surface area (Å²) in [5.41, 5.74) is 2.00. The third kappa shape index (κ3) is 4.39. The second-order valence-corrected chi connectivity index (χ2v) is 8.31. The number of sulfone groups is 1. The van der Waals surface area contributed by atoms with Crippen LogP contribution in [-0.2, 0) is 22.9 Å². The van der Waals surface area contributed by atoms with Crippen molar-refractivity contribution in [1.29, 1.82) is 0 Å². The number of hydrogen-bond donors (Lipinski definition) is 0. The Hall–Kier alpha value is -1.72. The summed E-state index contributed by atoms with van der Waals surface area (Å²) in [5, 5.41) is 0. The van der Waals surface area contributed by atoms with Gasteiger partial charge in [-0.25, -0.2) is 12.8 Å². The van der Waals surface area contributed by atoms with Crippen molar-refractivity contribution in [2.24, 2.45) is 0 Å². The van der Waals surface area contributed by atoms with Crippen molar-refractivity contribution in [2.75, 3.05) is 11.5 Å². The maximum atomic E-state index is 13.4. The molecule has 2 aromatic carbocycles. The summed E-state index contributed by atoms with van der Waals surface area (Å²) in [4.78, 5) is 2.15. The van der Waals surface area contributed by atoms with Crippen molar-refractivity contribution in [3.05, 3.63) is 71.5 Å². The van der Waals surface area contributed by atoms with E-state index in [0.717, 1.165) is 11.1 Å². The molecule has 0 bridgehead atoms. The van der Waals surface area contributed by atoms with Crippen LogP contribution in [0.25, 0.3) is 0 Å². The van der Waals surface area contributed by atoms with Crippen LogP contribution < -0.4 is 0 Å². The van der Waals surface area contributed by atoms with Crippen molar-refractivity contribution in [3.8, 4) is 0 Å². The van der Waals surface area contributed by atoms with E-state index in [9.17, 15) is 12.8 Å². The first kappa shape index (κ1) is 16.1. The predicted molar refractivity (Wildman–Crippen MR) is 89.1 cm³/mol. The monoisotopic (exact) mass is 333 g/mol. The average Bonchev–Trinajstić information content (AvgIpc) is 2.88. The molecule has 1 heterocycles. The Labute approximate surface area is 136 Å². The minimum absolute atomic E-state index is 0.0107. The van der Waals surface area contributed by atoms with Gasteiger partial charge in [0.2, 0.25) is 0 Å². The SMILES string of the molecule is O=S1(=O)CC[C@H](N(Cc2ccccc2)Cc2cccc(F)c2)C1. The minimum Gasteiger partial charge on any atom is -0.291 e. The van der Waals surface area contributed by atoms with Gasteiger partial charge in [-0.05, 0) is 29.7 Å². The third-order valence-corrected chi connectivity index (χ3v) is 5.98. The quantitative estimate of drug-likeness (QED) is 0.844.